The third kappa shape index (κ3) is 1.20. The van der Waals surface area contributed by atoms with Gasteiger partial charge in [-0.25, -0.2) is 4.39 Å². The molecule has 0 aliphatic rings. The SMILES string of the molecule is CC(=O)c1cc(F)c2cn[nH]c2c1. The van der Waals surface area contributed by atoms with Crippen molar-refractivity contribution in [2.75, 3.05) is 0 Å². The van der Waals surface area contributed by atoms with Gasteiger partial charge in [-0.2, -0.15) is 5.10 Å². The summed E-state index contributed by atoms with van der Waals surface area (Å²) in [5.41, 5.74) is 0.902. The molecular weight excluding hydrogens is 171 g/mol. The number of carbonyl (C=O) groups excluding carboxylic acids is 1. The number of ketones is 1. The van der Waals surface area contributed by atoms with Gasteiger partial charge in [-0.05, 0) is 19.1 Å². The van der Waals surface area contributed by atoms with Crippen LogP contribution >= 0.6 is 0 Å². The fourth-order valence-corrected chi connectivity index (χ4v) is 1.21. The lowest BCUT2D eigenvalue weighted by atomic mass is 10.1. The monoisotopic (exact) mass is 178 g/mol. The molecule has 0 fully saturated rings. The third-order valence-electron chi connectivity index (χ3n) is 1.91. The predicted molar refractivity (Wildman–Crippen MR) is 46.1 cm³/mol. The first-order chi connectivity index (χ1) is 6.18. The minimum Gasteiger partial charge on any atom is -0.295 e. The molecule has 0 saturated carbocycles. The molecule has 1 aromatic carbocycles. The van der Waals surface area contributed by atoms with Crippen LogP contribution in [0.5, 0.6) is 0 Å². The molecule has 0 unspecified atom stereocenters. The highest BCUT2D eigenvalue weighted by molar-refractivity contribution is 5.97. The Bertz CT molecular complexity index is 475. The average Bonchev–Trinajstić information content (AvgIpc) is 2.51. The van der Waals surface area contributed by atoms with Crippen LogP contribution < -0.4 is 0 Å². The summed E-state index contributed by atoms with van der Waals surface area (Å²) in [5.74, 6) is -0.577. The zero-order valence-electron chi connectivity index (χ0n) is 6.97. The van der Waals surface area contributed by atoms with Gasteiger partial charge in [0.25, 0.3) is 0 Å². The second kappa shape index (κ2) is 2.65. The summed E-state index contributed by atoms with van der Waals surface area (Å²) in [4.78, 5) is 11.0. The van der Waals surface area contributed by atoms with Gasteiger partial charge in [0, 0.05) is 5.56 Å². The molecular formula is C9H7FN2O. The number of aromatic nitrogens is 2. The van der Waals surface area contributed by atoms with E-state index in [1.54, 1.807) is 6.07 Å². The van der Waals surface area contributed by atoms with Gasteiger partial charge in [-0.1, -0.05) is 0 Å². The standard InChI is InChI=1S/C9H7FN2O/c1-5(13)6-2-8(10)7-4-11-12-9(7)3-6/h2-4H,1H3,(H,11,12). The molecule has 0 amide bonds. The summed E-state index contributed by atoms with van der Waals surface area (Å²) >= 11 is 0. The van der Waals surface area contributed by atoms with Crippen molar-refractivity contribution in [2.24, 2.45) is 0 Å². The van der Waals surface area contributed by atoms with Gasteiger partial charge in [0.1, 0.15) is 5.82 Å². The number of benzene rings is 1. The molecule has 0 saturated heterocycles. The van der Waals surface area contributed by atoms with Crippen LogP contribution in [-0.4, -0.2) is 16.0 Å². The van der Waals surface area contributed by atoms with E-state index in [2.05, 4.69) is 10.2 Å². The maximum atomic E-state index is 13.2. The fourth-order valence-electron chi connectivity index (χ4n) is 1.21. The third-order valence-corrected chi connectivity index (χ3v) is 1.91. The number of carbonyl (C=O) groups is 1. The van der Waals surface area contributed by atoms with E-state index in [-0.39, 0.29) is 5.78 Å². The molecule has 13 heavy (non-hydrogen) atoms. The Kier molecular flexibility index (Phi) is 1.62. The predicted octanol–water partition coefficient (Wildman–Crippen LogP) is 1.90. The second-order valence-electron chi connectivity index (χ2n) is 2.85. The second-order valence-corrected chi connectivity index (χ2v) is 2.85. The van der Waals surface area contributed by atoms with Crippen LogP contribution in [0, 0.1) is 5.82 Å². The zero-order chi connectivity index (χ0) is 9.42. The quantitative estimate of drug-likeness (QED) is 0.678. The minimum atomic E-state index is -0.420. The Balaban J connectivity index is 2.77. The van der Waals surface area contributed by atoms with E-state index in [0.29, 0.717) is 16.5 Å². The first-order valence-electron chi connectivity index (χ1n) is 3.82. The summed E-state index contributed by atoms with van der Waals surface area (Å²) in [6, 6.07) is 2.81. The molecule has 1 heterocycles. The first-order valence-corrected chi connectivity index (χ1v) is 3.82. The summed E-state index contributed by atoms with van der Waals surface area (Å²) in [5, 5.41) is 6.71. The summed E-state index contributed by atoms with van der Waals surface area (Å²) in [6.07, 6.45) is 1.40. The van der Waals surface area contributed by atoms with Gasteiger partial charge in [-0.3, -0.25) is 9.89 Å². The minimum absolute atomic E-state index is 0.157. The molecule has 1 aromatic heterocycles. The van der Waals surface area contributed by atoms with E-state index in [1.807, 2.05) is 0 Å². The number of rotatable bonds is 1. The number of nitrogens with zero attached hydrogens (tertiary/aromatic N) is 1. The Morgan fingerprint density at radius 1 is 1.54 bits per heavy atom. The van der Waals surface area contributed by atoms with Crippen LogP contribution in [0.4, 0.5) is 4.39 Å². The number of aromatic amines is 1. The maximum absolute atomic E-state index is 13.2. The molecule has 0 bridgehead atoms. The highest BCUT2D eigenvalue weighted by Gasteiger charge is 2.07. The van der Waals surface area contributed by atoms with Crippen LogP contribution in [0.2, 0.25) is 0 Å². The number of Topliss-reactive ketones (excluding diaryl/α,β-unsaturated/α-hetero) is 1. The lowest BCUT2D eigenvalue weighted by Crippen LogP contribution is -1.93. The average molecular weight is 178 g/mol. The van der Waals surface area contributed by atoms with Crippen LogP contribution in [0.1, 0.15) is 17.3 Å². The number of hydrogen-bond acceptors (Lipinski definition) is 2. The molecule has 0 spiro atoms. The molecule has 4 heteroatoms. The first kappa shape index (κ1) is 7.91. The van der Waals surface area contributed by atoms with Crippen LogP contribution in [0.3, 0.4) is 0 Å². The van der Waals surface area contributed by atoms with Crippen molar-refractivity contribution in [3.63, 3.8) is 0 Å². The van der Waals surface area contributed by atoms with Gasteiger partial charge < -0.3 is 0 Å². The van der Waals surface area contributed by atoms with Crippen LogP contribution in [0.25, 0.3) is 10.9 Å². The molecule has 2 rings (SSSR count). The van der Waals surface area contributed by atoms with Crippen molar-refractivity contribution in [2.45, 2.75) is 6.92 Å². The van der Waals surface area contributed by atoms with E-state index >= 15 is 0 Å². The summed E-state index contributed by atoms with van der Waals surface area (Å²) in [6.45, 7) is 1.40. The fraction of sp³-hybridized carbons (Fsp3) is 0.111. The molecule has 3 nitrogen and oxygen atoms in total. The van der Waals surface area contributed by atoms with Crippen LogP contribution in [0.15, 0.2) is 18.3 Å². The highest BCUT2D eigenvalue weighted by Crippen LogP contribution is 2.17. The van der Waals surface area contributed by atoms with E-state index in [1.165, 1.54) is 19.2 Å². The number of nitrogens with one attached hydrogen (secondary N) is 1. The maximum Gasteiger partial charge on any atom is 0.159 e. The van der Waals surface area contributed by atoms with E-state index in [0.717, 1.165) is 0 Å². The number of hydrogen-bond donors (Lipinski definition) is 1. The molecule has 0 radical (unpaired) electrons. The van der Waals surface area contributed by atoms with Crippen molar-refractivity contribution < 1.29 is 9.18 Å². The molecule has 0 aliphatic heterocycles. The topological polar surface area (TPSA) is 45.8 Å². The van der Waals surface area contributed by atoms with E-state index < -0.39 is 5.82 Å². The number of H-pyrrole nitrogens is 1. The van der Waals surface area contributed by atoms with Crippen LogP contribution in [-0.2, 0) is 0 Å². The van der Waals surface area contributed by atoms with Gasteiger partial charge in [-0.15, -0.1) is 0 Å². The normalized spacial score (nSPS) is 10.6. The van der Waals surface area contributed by atoms with Gasteiger partial charge >= 0.3 is 0 Å². The Morgan fingerprint density at radius 3 is 3.00 bits per heavy atom. The van der Waals surface area contributed by atoms with Gasteiger partial charge in [0.15, 0.2) is 5.78 Å². The summed E-state index contributed by atoms with van der Waals surface area (Å²) < 4.78 is 13.2. The zero-order valence-corrected chi connectivity index (χ0v) is 6.97. The van der Waals surface area contributed by atoms with E-state index in [4.69, 9.17) is 0 Å². The number of halogens is 1. The lowest BCUT2D eigenvalue weighted by molar-refractivity contribution is 0.101. The van der Waals surface area contributed by atoms with Gasteiger partial charge in [0.2, 0.25) is 0 Å². The van der Waals surface area contributed by atoms with Crippen molar-refractivity contribution in [3.8, 4) is 0 Å². The highest BCUT2D eigenvalue weighted by atomic mass is 19.1. The molecule has 1 N–H and O–H groups in total. The largest absolute Gasteiger partial charge is 0.295 e. The number of fused-ring (bicyclic) bond motifs is 1. The molecule has 0 atom stereocenters. The van der Waals surface area contributed by atoms with Crippen molar-refractivity contribution in [1.82, 2.24) is 10.2 Å². The summed E-state index contributed by atoms with van der Waals surface area (Å²) in [7, 11) is 0. The molecule has 66 valence electrons. The van der Waals surface area contributed by atoms with E-state index in [9.17, 15) is 9.18 Å². The van der Waals surface area contributed by atoms with Crippen molar-refractivity contribution in [1.29, 1.82) is 0 Å². The Hall–Kier alpha value is -1.71. The molecule has 2 aromatic rings. The smallest absolute Gasteiger partial charge is 0.159 e. The Labute approximate surface area is 73.6 Å². The van der Waals surface area contributed by atoms with Crippen molar-refractivity contribution in [3.05, 3.63) is 29.7 Å². The Morgan fingerprint density at radius 2 is 2.31 bits per heavy atom. The lowest BCUT2D eigenvalue weighted by Gasteiger charge is -1.96. The van der Waals surface area contributed by atoms with Crippen molar-refractivity contribution >= 4 is 16.7 Å². The molecule has 0 aliphatic carbocycles. The van der Waals surface area contributed by atoms with Gasteiger partial charge in [0.05, 0.1) is 17.1 Å².